The lowest BCUT2D eigenvalue weighted by atomic mass is 10.0. The summed E-state index contributed by atoms with van der Waals surface area (Å²) in [5, 5.41) is 16.2. The Kier molecular flexibility index (Phi) is 9.03. The number of carbonyl (C=O) groups is 2. The lowest BCUT2D eigenvalue weighted by Crippen LogP contribution is -2.35. The molecule has 256 valence electrons. The molecule has 0 radical (unpaired) electrons. The molecule has 0 bridgehead atoms. The van der Waals surface area contributed by atoms with Gasteiger partial charge in [-0.2, -0.15) is 18.2 Å². The number of esters is 1. The molecule has 3 aromatic heterocycles. The highest BCUT2D eigenvalue weighted by Crippen LogP contribution is 2.33. The molecule has 0 saturated carbocycles. The Morgan fingerprint density at radius 3 is 2.46 bits per heavy atom. The predicted octanol–water partition coefficient (Wildman–Crippen LogP) is 5.65. The fraction of sp³-hybridized carbons (Fsp3) is 0.147. The number of fused-ring (bicyclic) bond motifs is 2. The van der Waals surface area contributed by atoms with E-state index in [0.717, 1.165) is 29.7 Å². The summed E-state index contributed by atoms with van der Waals surface area (Å²) in [7, 11) is 0. The van der Waals surface area contributed by atoms with Crippen LogP contribution in [0, 0.1) is 18.6 Å². The molecule has 16 heteroatoms. The van der Waals surface area contributed by atoms with Gasteiger partial charge in [0.1, 0.15) is 23.9 Å². The number of aliphatic hydroxyl groups excluding tert-OH is 1. The molecule has 0 aliphatic heterocycles. The predicted molar refractivity (Wildman–Crippen MR) is 173 cm³/mol. The van der Waals surface area contributed by atoms with E-state index >= 15 is 8.78 Å². The number of hydrogen-bond donors (Lipinski definition) is 4. The number of para-hydroxylation sites is 2. The van der Waals surface area contributed by atoms with Gasteiger partial charge in [0.2, 0.25) is 5.95 Å². The molecule has 1 unspecified atom stereocenters. The first kappa shape index (κ1) is 33.7. The van der Waals surface area contributed by atoms with Gasteiger partial charge in [-0.05, 0) is 55.0 Å². The third kappa shape index (κ3) is 6.60. The van der Waals surface area contributed by atoms with Gasteiger partial charge in [0.15, 0.2) is 5.65 Å². The lowest BCUT2D eigenvalue weighted by Gasteiger charge is -2.20. The molecule has 6 aromatic rings. The Morgan fingerprint density at radius 1 is 1.00 bits per heavy atom. The molecule has 0 saturated heterocycles. The SMILES string of the molecule is Cc1ccc(NC(=O)c2cccc3cc[nH]c23)cc1-c1nc(NC(CO)COC(=O)C(F)(F)F)nc2c1ccc(=O)n2-c1c(F)cccc1F. The Hall–Kier alpha value is -6.16. The largest absolute Gasteiger partial charge is 0.490 e. The van der Waals surface area contributed by atoms with Crippen molar-refractivity contribution in [2.24, 2.45) is 0 Å². The highest BCUT2D eigenvalue weighted by Gasteiger charge is 2.41. The maximum Gasteiger partial charge on any atom is 0.490 e. The second-order valence-electron chi connectivity index (χ2n) is 11.1. The van der Waals surface area contributed by atoms with Gasteiger partial charge in [0.25, 0.3) is 11.5 Å². The fourth-order valence-electron chi connectivity index (χ4n) is 5.31. The van der Waals surface area contributed by atoms with Crippen molar-refractivity contribution in [1.82, 2.24) is 19.5 Å². The second-order valence-corrected chi connectivity index (χ2v) is 11.1. The van der Waals surface area contributed by atoms with Gasteiger partial charge in [-0.25, -0.2) is 18.6 Å². The number of hydrogen-bond acceptors (Lipinski definition) is 8. The van der Waals surface area contributed by atoms with Gasteiger partial charge in [-0.15, -0.1) is 0 Å². The van der Waals surface area contributed by atoms with Crippen molar-refractivity contribution in [3.63, 3.8) is 0 Å². The molecule has 1 atom stereocenters. The minimum Gasteiger partial charge on any atom is -0.457 e. The van der Waals surface area contributed by atoms with Crippen LogP contribution < -0.4 is 16.2 Å². The average Bonchev–Trinajstić information content (AvgIpc) is 3.56. The van der Waals surface area contributed by atoms with Crippen LogP contribution in [0.3, 0.4) is 0 Å². The van der Waals surface area contributed by atoms with Crippen LogP contribution in [0.25, 0.3) is 38.9 Å². The van der Waals surface area contributed by atoms with Crippen molar-refractivity contribution in [3.05, 3.63) is 112 Å². The molecule has 6 rings (SSSR count). The number of pyridine rings is 1. The molecular formula is C34H25F5N6O5. The highest BCUT2D eigenvalue weighted by molar-refractivity contribution is 6.12. The Labute approximate surface area is 278 Å². The summed E-state index contributed by atoms with van der Waals surface area (Å²) in [5.41, 5.74) is 0.378. The number of ether oxygens (including phenoxy) is 1. The standard InChI is InChI=1S/C34H25F5N6O5/c1-17-8-9-19(41-31(48)22-5-2-4-18-12-13-40-27(18)22)14-23(17)28-21-10-11-26(47)45(29-24(35)6-3-7-25(29)36)30(21)44-33(43-28)42-20(15-46)16-50-32(49)34(37,38)39/h2-14,20,40,46H,15-16H2,1H3,(H,41,48)(H,42,43,44). The number of halogens is 5. The molecule has 3 heterocycles. The van der Waals surface area contributed by atoms with E-state index in [-0.39, 0.29) is 16.7 Å². The molecule has 11 nitrogen and oxygen atoms in total. The molecule has 3 aromatic carbocycles. The first-order chi connectivity index (χ1) is 23.8. The minimum atomic E-state index is -5.29. The van der Waals surface area contributed by atoms with E-state index in [9.17, 15) is 32.7 Å². The summed E-state index contributed by atoms with van der Waals surface area (Å²) in [6.45, 7) is -0.121. The van der Waals surface area contributed by atoms with E-state index in [4.69, 9.17) is 0 Å². The lowest BCUT2D eigenvalue weighted by molar-refractivity contribution is -0.200. The van der Waals surface area contributed by atoms with E-state index in [2.05, 4.69) is 30.3 Å². The number of aliphatic hydroxyl groups is 1. The maximum absolute atomic E-state index is 15.1. The zero-order valence-corrected chi connectivity index (χ0v) is 25.8. The van der Waals surface area contributed by atoms with Crippen LogP contribution in [0.1, 0.15) is 15.9 Å². The van der Waals surface area contributed by atoms with Crippen LogP contribution in [0.2, 0.25) is 0 Å². The number of aromatic nitrogens is 4. The van der Waals surface area contributed by atoms with Crippen LogP contribution in [0.4, 0.5) is 33.6 Å². The topological polar surface area (TPSA) is 151 Å². The Bertz CT molecular complexity index is 2320. The van der Waals surface area contributed by atoms with E-state index in [0.29, 0.717) is 32.5 Å². The van der Waals surface area contributed by atoms with Crippen LogP contribution in [-0.2, 0) is 9.53 Å². The number of H-pyrrole nitrogens is 1. The van der Waals surface area contributed by atoms with Gasteiger partial charge in [-0.1, -0.05) is 24.3 Å². The van der Waals surface area contributed by atoms with Crippen molar-refractivity contribution in [2.75, 3.05) is 23.8 Å². The first-order valence-corrected chi connectivity index (χ1v) is 14.8. The number of alkyl halides is 3. The maximum atomic E-state index is 15.1. The molecular weight excluding hydrogens is 667 g/mol. The van der Waals surface area contributed by atoms with Gasteiger partial charge in [-0.3, -0.25) is 14.2 Å². The van der Waals surface area contributed by atoms with Crippen molar-refractivity contribution < 1.29 is 41.4 Å². The number of anilines is 2. The third-order valence-corrected chi connectivity index (χ3v) is 7.69. The van der Waals surface area contributed by atoms with E-state index in [1.165, 1.54) is 6.07 Å². The number of nitrogens with zero attached hydrogens (tertiary/aromatic N) is 3. The number of aryl methyl sites for hydroxylation is 1. The Morgan fingerprint density at radius 2 is 1.74 bits per heavy atom. The second kappa shape index (κ2) is 13.4. The summed E-state index contributed by atoms with van der Waals surface area (Å²) < 4.78 is 73.4. The van der Waals surface area contributed by atoms with Crippen molar-refractivity contribution in [2.45, 2.75) is 19.1 Å². The van der Waals surface area contributed by atoms with Crippen LogP contribution in [-0.4, -0.2) is 61.9 Å². The third-order valence-electron chi connectivity index (χ3n) is 7.69. The summed E-state index contributed by atoms with van der Waals surface area (Å²) in [6, 6.07) is 15.9. The smallest absolute Gasteiger partial charge is 0.457 e. The van der Waals surface area contributed by atoms with E-state index < -0.39 is 66.1 Å². The van der Waals surface area contributed by atoms with Gasteiger partial charge in [0, 0.05) is 34.3 Å². The zero-order chi connectivity index (χ0) is 35.7. The van der Waals surface area contributed by atoms with Crippen molar-refractivity contribution >= 4 is 45.4 Å². The summed E-state index contributed by atoms with van der Waals surface area (Å²) in [5.74, 6) is -5.54. The number of amides is 1. The fourth-order valence-corrected chi connectivity index (χ4v) is 5.31. The quantitative estimate of drug-likeness (QED) is 0.112. The number of benzene rings is 3. The monoisotopic (exact) mass is 692 g/mol. The molecule has 1 amide bonds. The van der Waals surface area contributed by atoms with Gasteiger partial charge in [0.05, 0.1) is 29.4 Å². The van der Waals surface area contributed by atoms with Crippen LogP contribution in [0.15, 0.2) is 83.8 Å². The molecule has 50 heavy (non-hydrogen) atoms. The first-order valence-electron chi connectivity index (χ1n) is 14.8. The summed E-state index contributed by atoms with van der Waals surface area (Å²) in [6.07, 6.45) is -3.59. The summed E-state index contributed by atoms with van der Waals surface area (Å²) >= 11 is 0. The number of aromatic amines is 1. The number of rotatable bonds is 9. The van der Waals surface area contributed by atoms with Gasteiger partial charge >= 0.3 is 12.1 Å². The number of nitrogens with one attached hydrogen (secondary N) is 3. The molecule has 0 aliphatic carbocycles. The normalized spacial score (nSPS) is 12.2. The van der Waals surface area contributed by atoms with Crippen molar-refractivity contribution in [3.8, 4) is 16.9 Å². The van der Waals surface area contributed by atoms with Crippen LogP contribution >= 0.6 is 0 Å². The zero-order valence-electron chi connectivity index (χ0n) is 25.8. The average molecular weight is 693 g/mol. The Balaban J connectivity index is 1.49. The molecule has 4 N–H and O–H groups in total. The number of carbonyl (C=O) groups excluding carboxylic acids is 2. The highest BCUT2D eigenvalue weighted by atomic mass is 19.4. The minimum absolute atomic E-state index is 0.0760. The molecule has 0 fully saturated rings. The van der Waals surface area contributed by atoms with Crippen molar-refractivity contribution in [1.29, 1.82) is 0 Å². The van der Waals surface area contributed by atoms with Gasteiger partial charge < -0.3 is 25.5 Å². The van der Waals surface area contributed by atoms with Crippen LogP contribution in [0.5, 0.6) is 0 Å². The summed E-state index contributed by atoms with van der Waals surface area (Å²) in [4.78, 5) is 49.7. The van der Waals surface area contributed by atoms with E-state index in [1.54, 1.807) is 43.5 Å². The molecule has 0 aliphatic rings. The molecule has 0 spiro atoms. The van der Waals surface area contributed by atoms with E-state index in [1.807, 2.05) is 12.1 Å².